The van der Waals surface area contributed by atoms with E-state index in [0.717, 1.165) is 27.5 Å². The van der Waals surface area contributed by atoms with E-state index in [0.29, 0.717) is 0 Å². The van der Waals surface area contributed by atoms with Crippen LogP contribution in [0.2, 0.25) is 5.04 Å². The molecule has 2 aliphatic heterocycles. The first-order chi connectivity index (χ1) is 22.3. The summed E-state index contributed by atoms with van der Waals surface area (Å²) >= 11 is 0. The van der Waals surface area contributed by atoms with Gasteiger partial charge in [-0.05, 0) is 56.1 Å². The van der Waals surface area contributed by atoms with E-state index in [-0.39, 0.29) is 18.3 Å². The van der Waals surface area contributed by atoms with E-state index < -0.39 is 68.0 Å². The lowest BCUT2D eigenvalue weighted by atomic mass is 9.97. The average Bonchev–Trinajstić information content (AvgIpc) is 3.33. The largest absolute Gasteiger partial charge is 0.443 e. The number of carbonyl (C=O) groups is 1. The van der Waals surface area contributed by atoms with Crippen molar-refractivity contribution in [1.29, 1.82) is 0 Å². The molecule has 0 radical (unpaired) electrons. The molecule has 48 heavy (non-hydrogen) atoms. The second-order valence-corrected chi connectivity index (χ2v) is 18.9. The summed E-state index contributed by atoms with van der Waals surface area (Å²) in [5.41, 5.74) is -2.17. The normalized spacial score (nSPS) is 23.0. The fraction of sp³-hybridized carbons (Fsp3) is 0.514. The maximum absolute atomic E-state index is 13.7. The van der Waals surface area contributed by atoms with Crippen molar-refractivity contribution < 1.29 is 41.3 Å². The lowest BCUT2D eigenvalue weighted by molar-refractivity contribution is -0.156. The van der Waals surface area contributed by atoms with Gasteiger partial charge in [0, 0.05) is 6.20 Å². The minimum absolute atomic E-state index is 0.131. The maximum atomic E-state index is 13.7. The second kappa shape index (κ2) is 13.2. The molecule has 0 spiro atoms. The molecule has 1 amide bonds. The number of benzene rings is 2. The van der Waals surface area contributed by atoms with Crippen LogP contribution in [0.3, 0.4) is 0 Å². The first-order valence-electron chi connectivity index (χ1n) is 16.0. The van der Waals surface area contributed by atoms with Gasteiger partial charge in [0.05, 0.1) is 19.3 Å². The Balaban J connectivity index is 1.52. The summed E-state index contributed by atoms with van der Waals surface area (Å²) in [5, 5.41) is 1.89. The number of rotatable bonds is 7. The topological polar surface area (TPSA) is 92.2 Å². The molecule has 0 saturated carbocycles. The van der Waals surface area contributed by atoms with Crippen LogP contribution in [-0.2, 0) is 29.5 Å². The van der Waals surface area contributed by atoms with Crippen molar-refractivity contribution in [1.82, 2.24) is 9.97 Å². The van der Waals surface area contributed by atoms with Crippen molar-refractivity contribution in [3.63, 3.8) is 0 Å². The third-order valence-corrected chi connectivity index (χ3v) is 13.3. The van der Waals surface area contributed by atoms with Crippen LogP contribution in [0, 0.1) is 0 Å². The van der Waals surface area contributed by atoms with Gasteiger partial charge in [0.25, 0.3) is 8.32 Å². The minimum Gasteiger partial charge on any atom is -0.443 e. The van der Waals surface area contributed by atoms with E-state index in [1.807, 2.05) is 36.4 Å². The smallest absolute Gasteiger partial charge is 0.433 e. The lowest BCUT2D eigenvalue weighted by Crippen LogP contribution is -2.68. The number of alkyl halides is 3. The molecule has 3 heterocycles. The van der Waals surface area contributed by atoms with Crippen LogP contribution in [0.4, 0.5) is 23.9 Å². The summed E-state index contributed by atoms with van der Waals surface area (Å²) in [4.78, 5) is 22.5. The van der Waals surface area contributed by atoms with E-state index in [9.17, 15) is 18.0 Å². The monoisotopic (exact) mass is 687 g/mol. The highest BCUT2D eigenvalue weighted by Crippen LogP contribution is 2.41. The number of ether oxygens (including phenoxy) is 4. The lowest BCUT2D eigenvalue weighted by Gasteiger charge is -2.45. The van der Waals surface area contributed by atoms with Crippen LogP contribution in [0.25, 0.3) is 0 Å². The van der Waals surface area contributed by atoms with Gasteiger partial charge in [0.2, 0.25) is 5.95 Å². The molecule has 2 fully saturated rings. The Morgan fingerprint density at radius 1 is 0.917 bits per heavy atom. The summed E-state index contributed by atoms with van der Waals surface area (Å²) in [5.74, 6) is -1.59. The van der Waals surface area contributed by atoms with Gasteiger partial charge in [0.15, 0.2) is 5.79 Å². The number of hydrogen-bond donors (Lipinski definition) is 0. The maximum Gasteiger partial charge on any atom is 0.433 e. The van der Waals surface area contributed by atoms with Crippen LogP contribution in [0.15, 0.2) is 72.9 Å². The molecule has 0 aliphatic carbocycles. The predicted molar refractivity (Wildman–Crippen MR) is 177 cm³/mol. The van der Waals surface area contributed by atoms with Crippen LogP contribution in [0.5, 0.6) is 0 Å². The van der Waals surface area contributed by atoms with E-state index in [2.05, 4.69) is 55.0 Å². The number of amides is 1. The highest BCUT2D eigenvalue weighted by molar-refractivity contribution is 6.99. The van der Waals surface area contributed by atoms with Crippen molar-refractivity contribution in [2.24, 2.45) is 0 Å². The number of hydrogen-bond acceptors (Lipinski definition) is 8. The van der Waals surface area contributed by atoms with Gasteiger partial charge < -0.3 is 23.4 Å². The van der Waals surface area contributed by atoms with Crippen molar-refractivity contribution >= 4 is 30.7 Å². The van der Waals surface area contributed by atoms with E-state index in [4.69, 9.17) is 23.4 Å². The molecule has 2 aliphatic rings. The summed E-state index contributed by atoms with van der Waals surface area (Å²) < 4.78 is 73.1. The van der Waals surface area contributed by atoms with Crippen LogP contribution in [0.1, 0.15) is 61.1 Å². The molecule has 4 atom stereocenters. The fourth-order valence-corrected chi connectivity index (χ4v) is 11.0. The zero-order valence-electron chi connectivity index (χ0n) is 28.6. The minimum atomic E-state index is -4.76. The Morgan fingerprint density at radius 3 is 2.00 bits per heavy atom. The summed E-state index contributed by atoms with van der Waals surface area (Å²) in [6, 6.07) is 20.1. The molecule has 5 rings (SSSR count). The van der Waals surface area contributed by atoms with E-state index in [1.165, 1.54) is 0 Å². The Morgan fingerprint density at radius 2 is 1.48 bits per heavy atom. The Hall–Kier alpha value is -3.36. The zero-order chi connectivity index (χ0) is 35.1. The highest BCUT2D eigenvalue weighted by atomic mass is 28.4. The molecular weight excluding hydrogens is 643 g/mol. The summed E-state index contributed by atoms with van der Waals surface area (Å²) in [7, 11) is -2.96. The fourth-order valence-electron chi connectivity index (χ4n) is 6.45. The van der Waals surface area contributed by atoms with Gasteiger partial charge in [-0.1, -0.05) is 81.4 Å². The molecule has 0 N–H and O–H groups in total. The number of nitrogens with zero attached hydrogens (tertiary/aromatic N) is 3. The summed E-state index contributed by atoms with van der Waals surface area (Å²) in [6.07, 6.45) is -6.98. The molecule has 3 aromatic rings. The number of halogens is 3. The Bertz CT molecular complexity index is 1520. The molecule has 9 nitrogen and oxygen atoms in total. The summed E-state index contributed by atoms with van der Waals surface area (Å²) in [6.45, 7) is 15.0. The van der Waals surface area contributed by atoms with Gasteiger partial charge in [-0.25, -0.2) is 19.7 Å². The Kier molecular flexibility index (Phi) is 9.85. The molecular formula is C35H44F3N3O6Si. The standard InChI is InChI=1S/C35H44F3N3O6Si/c1-32(2,3)47-31(42)41(30-39-20-19-27(40-30)35(36,37)38)25-21-43-26(29-28(25)45-34(7,8)46-29)22-44-48(33(4,5)6,23-15-11-9-12-16-23)24-17-13-10-14-18-24/h9-20,25-26,28-29H,21-22H2,1-8H3/t25-,26+,28+,29-/m0/s1. The molecule has 0 unspecified atom stereocenters. The molecule has 13 heteroatoms. The van der Waals surface area contributed by atoms with Crippen molar-refractivity contribution in [3.05, 3.63) is 78.6 Å². The van der Waals surface area contributed by atoms with E-state index >= 15 is 0 Å². The van der Waals surface area contributed by atoms with Gasteiger partial charge in [-0.15, -0.1) is 0 Å². The first-order valence-corrected chi connectivity index (χ1v) is 17.9. The van der Waals surface area contributed by atoms with Gasteiger partial charge in [-0.3, -0.25) is 0 Å². The number of carbonyl (C=O) groups excluding carboxylic acids is 1. The van der Waals surface area contributed by atoms with Crippen molar-refractivity contribution in [2.45, 2.75) is 102 Å². The third kappa shape index (κ3) is 7.45. The zero-order valence-corrected chi connectivity index (χ0v) is 29.6. The third-order valence-electron chi connectivity index (χ3n) is 8.34. The second-order valence-electron chi connectivity index (χ2n) is 14.6. The van der Waals surface area contributed by atoms with Gasteiger partial charge in [0.1, 0.15) is 29.6 Å². The van der Waals surface area contributed by atoms with Crippen LogP contribution in [-0.4, -0.2) is 73.3 Å². The van der Waals surface area contributed by atoms with Crippen molar-refractivity contribution in [2.75, 3.05) is 18.1 Å². The Labute approximate surface area is 280 Å². The number of anilines is 1. The quantitative estimate of drug-likeness (QED) is 0.275. The first kappa shape index (κ1) is 35.9. The highest BCUT2D eigenvalue weighted by Gasteiger charge is 2.57. The average molecular weight is 688 g/mol. The predicted octanol–water partition coefficient (Wildman–Crippen LogP) is 6.10. The van der Waals surface area contributed by atoms with Crippen molar-refractivity contribution in [3.8, 4) is 0 Å². The van der Waals surface area contributed by atoms with Gasteiger partial charge in [-0.2, -0.15) is 13.2 Å². The van der Waals surface area contributed by atoms with Gasteiger partial charge >= 0.3 is 12.3 Å². The number of fused-ring (bicyclic) bond motifs is 1. The molecule has 1 aromatic heterocycles. The molecule has 260 valence electrons. The number of aromatic nitrogens is 2. The van der Waals surface area contributed by atoms with Crippen LogP contribution < -0.4 is 15.3 Å². The van der Waals surface area contributed by atoms with E-state index in [1.54, 1.807) is 34.6 Å². The molecule has 0 bridgehead atoms. The SMILES string of the molecule is CC(C)(C)OC(=O)N(c1nccc(C(F)(F)F)n1)[C@H]1CO[C@H](CO[Si](c2ccccc2)(c2ccccc2)C(C)(C)C)[C@@H]2OC(C)(C)O[C@@H]21. The molecule has 2 aromatic carbocycles. The molecule has 2 saturated heterocycles. The van der Waals surface area contributed by atoms with Crippen LogP contribution >= 0.6 is 0 Å².